The highest BCUT2D eigenvalue weighted by Gasteiger charge is 2.10. The monoisotopic (exact) mass is 364 g/mol. The third kappa shape index (κ3) is 1.66. The number of nitrogens with two attached hydrogens (primary N) is 2. The van der Waals surface area contributed by atoms with Gasteiger partial charge in [-0.05, 0) is 22.6 Å². The van der Waals surface area contributed by atoms with Crippen LogP contribution in [0.15, 0.2) is 21.9 Å². The molecule has 0 aliphatic carbocycles. The number of halogens is 2. The van der Waals surface area contributed by atoms with Crippen LogP contribution in [0.25, 0.3) is 0 Å². The van der Waals surface area contributed by atoms with Gasteiger partial charge in [-0.15, -0.1) is 0 Å². The Balaban J connectivity index is 2.81. The third-order valence-electron chi connectivity index (χ3n) is 0.993. The minimum absolute atomic E-state index is 0.537. The lowest BCUT2D eigenvalue weighted by Gasteiger charge is -2.23. The maximum Gasteiger partial charge on any atom is 0.135 e. The molecule has 1 heterocycles. The minimum atomic E-state index is 0.537. The highest BCUT2D eigenvalue weighted by atomic mass is 127. The van der Waals surface area contributed by atoms with Crippen molar-refractivity contribution >= 4 is 45.5 Å². The van der Waals surface area contributed by atoms with Gasteiger partial charge in [-0.2, -0.15) is 0 Å². The maximum absolute atomic E-state index is 5.50. The predicted molar refractivity (Wildman–Crippen MR) is 56.3 cm³/mol. The summed E-state index contributed by atoms with van der Waals surface area (Å²) in [6.45, 7) is 0. The zero-order valence-corrected chi connectivity index (χ0v) is 9.27. The molecule has 0 unspecified atom stereocenters. The second-order valence-electron chi connectivity index (χ2n) is 1.72. The second kappa shape index (κ2) is 3.13. The molecule has 1 rings (SSSR count). The molecule has 0 saturated heterocycles. The van der Waals surface area contributed by atoms with Gasteiger partial charge in [-0.3, -0.25) is 8.12 Å². The number of rotatable bonds is 0. The first-order chi connectivity index (χ1) is 4.61. The van der Waals surface area contributed by atoms with E-state index in [1.54, 1.807) is 12.4 Å². The van der Waals surface area contributed by atoms with Crippen LogP contribution in [0.5, 0.6) is 0 Å². The Morgan fingerprint density at radius 1 is 1.40 bits per heavy atom. The Morgan fingerprint density at radius 3 is 2.50 bits per heavy atom. The van der Waals surface area contributed by atoms with Gasteiger partial charge in [0.05, 0.1) is 35.3 Å². The Kier molecular flexibility index (Phi) is 2.63. The third-order valence-corrected chi connectivity index (χ3v) is 3.51. The summed E-state index contributed by atoms with van der Waals surface area (Å²) in [5, 5.41) is 1.39. The molecule has 0 spiro atoms. The van der Waals surface area contributed by atoms with Gasteiger partial charge in [-0.1, -0.05) is 0 Å². The Morgan fingerprint density at radius 2 is 2.00 bits per heavy atom. The molecule has 10 heavy (non-hydrogen) atoms. The molecule has 4 N–H and O–H groups in total. The minimum Gasteiger partial charge on any atom is -0.383 e. The molecule has 56 valence electrons. The average Bonchev–Trinajstić information content (AvgIpc) is 1.84. The van der Waals surface area contributed by atoms with Gasteiger partial charge >= 0.3 is 0 Å². The van der Waals surface area contributed by atoms with Gasteiger partial charge in [-0.25, -0.2) is 5.84 Å². The van der Waals surface area contributed by atoms with Crippen LogP contribution in [-0.4, -0.2) is 8.12 Å². The average molecular weight is 364 g/mol. The summed E-state index contributed by atoms with van der Waals surface area (Å²) in [5.74, 6) is 6.00. The standard InChI is InChI=1S/C4H6I2N4/c5-3-1-10(8)4(7)2-9(3)6/h1-2H,7-8H2. The van der Waals surface area contributed by atoms with Crippen molar-refractivity contribution in [2.45, 2.75) is 0 Å². The SMILES string of the molecule is NC1=CN(I)C(I)=CN1N. The lowest BCUT2D eigenvalue weighted by molar-refractivity contribution is 0.458. The predicted octanol–water partition coefficient (Wildman–Crippen LogP) is 0.819. The molecule has 1 aliphatic heterocycles. The summed E-state index contributed by atoms with van der Waals surface area (Å²) in [4.78, 5) is 0. The first kappa shape index (κ1) is 8.40. The Bertz CT molecular complexity index is 177. The highest BCUT2D eigenvalue weighted by Crippen LogP contribution is 2.23. The fraction of sp³-hybridized carbons (Fsp3) is 0. The number of nitrogens with zero attached hydrogens (tertiary/aromatic N) is 2. The molecule has 4 nitrogen and oxygen atoms in total. The van der Waals surface area contributed by atoms with Crippen LogP contribution < -0.4 is 11.6 Å². The van der Waals surface area contributed by atoms with Gasteiger partial charge in [0, 0.05) is 0 Å². The molecule has 0 bridgehead atoms. The van der Waals surface area contributed by atoms with Crippen LogP contribution in [0, 0.1) is 0 Å². The van der Waals surface area contributed by atoms with E-state index >= 15 is 0 Å². The summed E-state index contributed by atoms with van der Waals surface area (Å²) in [5.41, 5.74) is 5.50. The van der Waals surface area contributed by atoms with E-state index in [0.717, 1.165) is 3.70 Å². The number of hydrogen-bond acceptors (Lipinski definition) is 4. The number of hydrogen-bond donors (Lipinski definition) is 2. The van der Waals surface area contributed by atoms with Crippen molar-refractivity contribution in [1.29, 1.82) is 0 Å². The van der Waals surface area contributed by atoms with Gasteiger partial charge in [0.2, 0.25) is 0 Å². The van der Waals surface area contributed by atoms with E-state index in [1.807, 2.05) is 3.11 Å². The Labute approximate surface area is 86.5 Å². The van der Waals surface area contributed by atoms with Gasteiger partial charge < -0.3 is 5.73 Å². The topological polar surface area (TPSA) is 58.5 Å². The second-order valence-corrected chi connectivity index (χ2v) is 3.87. The van der Waals surface area contributed by atoms with Crippen LogP contribution in [0.4, 0.5) is 0 Å². The molecule has 0 amide bonds. The summed E-state index contributed by atoms with van der Waals surface area (Å²) < 4.78 is 2.90. The normalized spacial score (nSPS) is 18.7. The zero-order valence-electron chi connectivity index (χ0n) is 4.96. The van der Waals surface area contributed by atoms with Crippen molar-refractivity contribution < 1.29 is 0 Å². The molecule has 6 heteroatoms. The molecule has 0 saturated carbocycles. The molecule has 0 radical (unpaired) electrons. The fourth-order valence-corrected chi connectivity index (χ4v) is 1.34. The highest BCUT2D eigenvalue weighted by molar-refractivity contribution is 14.1. The van der Waals surface area contributed by atoms with Crippen molar-refractivity contribution in [2.75, 3.05) is 0 Å². The van der Waals surface area contributed by atoms with Crippen molar-refractivity contribution in [3.63, 3.8) is 0 Å². The van der Waals surface area contributed by atoms with E-state index in [2.05, 4.69) is 45.5 Å². The fourth-order valence-electron chi connectivity index (χ4n) is 0.489. The van der Waals surface area contributed by atoms with Crippen LogP contribution in [-0.2, 0) is 0 Å². The quantitative estimate of drug-likeness (QED) is 0.289. The van der Waals surface area contributed by atoms with Crippen LogP contribution >= 0.6 is 45.5 Å². The molecular weight excluding hydrogens is 358 g/mol. The van der Waals surface area contributed by atoms with E-state index in [4.69, 9.17) is 11.6 Å². The van der Waals surface area contributed by atoms with Gasteiger partial charge in [0.15, 0.2) is 0 Å². The van der Waals surface area contributed by atoms with E-state index in [1.165, 1.54) is 5.01 Å². The molecule has 1 aliphatic rings. The molecule has 0 fully saturated rings. The summed E-state index contributed by atoms with van der Waals surface area (Å²) in [6, 6.07) is 0. The van der Waals surface area contributed by atoms with E-state index in [-0.39, 0.29) is 0 Å². The van der Waals surface area contributed by atoms with Gasteiger partial charge in [0.1, 0.15) is 9.52 Å². The first-order valence-corrected chi connectivity index (χ1v) is 4.49. The van der Waals surface area contributed by atoms with Crippen LogP contribution in [0.1, 0.15) is 0 Å². The van der Waals surface area contributed by atoms with E-state index in [0.29, 0.717) is 5.82 Å². The Hall–Kier alpha value is 0.300. The van der Waals surface area contributed by atoms with E-state index < -0.39 is 0 Å². The molecule has 0 atom stereocenters. The lowest BCUT2D eigenvalue weighted by atomic mass is 10.6. The summed E-state index contributed by atoms with van der Waals surface area (Å²) in [6.07, 6.45) is 3.50. The van der Waals surface area contributed by atoms with E-state index in [9.17, 15) is 0 Å². The largest absolute Gasteiger partial charge is 0.383 e. The number of hydrazine groups is 1. The summed E-state index contributed by atoms with van der Waals surface area (Å²) in [7, 11) is 0. The van der Waals surface area contributed by atoms with Crippen molar-refractivity contribution in [3.8, 4) is 0 Å². The lowest BCUT2D eigenvalue weighted by Crippen LogP contribution is -2.33. The van der Waals surface area contributed by atoms with Crippen molar-refractivity contribution in [1.82, 2.24) is 8.12 Å². The molecule has 0 aromatic heterocycles. The molecule has 0 aromatic rings. The van der Waals surface area contributed by atoms with Crippen LogP contribution in [0.3, 0.4) is 0 Å². The van der Waals surface area contributed by atoms with Crippen molar-refractivity contribution in [2.24, 2.45) is 11.6 Å². The molecule has 0 aromatic carbocycles. The molecular formula is C4H6I2N4. The van der Waals surface area contributed by atoms with Crippen molar-refractivity contribution in [3.05, 3.63) is 21.9 Å². The zero-order chi connectivity index (χ0) is 7.72. The maximum atomic E-state index is 5.50. The summed E-state index contributed by atoms with van der Waals surface area (Å²) >= 11 is 4.29. The smallest absolute Gasteiger partial charge is 0.135 e. The van der Waals surface area contributed by atoms with Gasteiger partial charge in [0.25, 0.3) is 0 Å². The van der Waals surface area contributed by atoms with Crippen LogP contribution in [0.2, 0.25) is 0 Å². The first-order valence-electron chi connectivity index (χ1n) is 2.45.